The molecule has 17 heteroatoms. The third-order valence-corrected chi connectivity index (χ3v) is 13.7. The Labute approximate surface area is 431 Å². The maximum Gasteiger partial charge on any atom is 0.313 e. The van der Waals surface area contributed by atoms with Crippen molar-refractivity contribution in [1.82, 2.24) is 35.1 Å². The van der Waals surface area contributed by atoms with Crippen LogP contribution in [-0.4, -0.2) is 134 Å². The number of aryl methyl sites for hydroxylation is 1. The first-order valence-corrected chi connectivity index (χ1v) is 25.8. The quantitative estimate of drug-likeness (QED) is 0.0404. The average molecular weight is 1010 g/mol. The maximum atomic E-state index is 14.4. The largest absolute Gasteiger partial charge is 0.467 e. The number of aromatic nitrogens is 2. The highest BCUT2D eigenvalue weighted by Gasteiger charge is 2.36. The van der Waals surface area contributed by atoms with Crippen molar-refractivity contribution in [1.29, 1.82) is 0 Å². The van der Waals surface area contributed by atoms with Crippen LogP contribution < -0.4 is 21.2 Å². The van der Waals surface area contributed by atoms with Crippen LogP contribution in [-0.2, 0) is 57.6 Å². The number of carbonyl (C=O) groups is 6. The second-order valence-electron chi connectivity index (χ2n) is 20.6. The van der Waals surface area contributed by atoms with Crippen molar-refractivity contribution >= 4 is 47.4 Å². The van der Waals surface area contributed by atoms with E-state index < -0.39 is 11.5 Å². The number of hydrogen-bond acceptors (Lipinski definition) is 13. The number of carbonyl (C=O) groups excluding carboxylic acids is 6. The van der Waals surface area contributed by atoms with Crippen LogP contribution in [0.2, 0.25) is 0 Å². The molecule has 1 aliphatic carbocycles. The molecular formula is C56H80N8O9. The van der Waals surface area contributed by atoms with Crippen molar-refractivity contribution in [2.45, 2.75) is 124 Å². The van der Waals surface area contributed by atoms with Crippen LogP contribution in [0.15, 0.2) is 54.7 Å². The first-order valence-electron chi connectivity index (χ1n) is 25.8. The first kappa shape index (κ1) is 57.9. The number of ether oxygens (including phenoxy) is 3. The fourth-order valence-electron chi connectivity index (χ4n) is 9.93. The zero-order valence-corrected chi connectivity index (χ0v) is 44.8. The molecule has 2 aromatic carbocycles. The van der Waals surface area contributed by atoms with Crippen LogP contribution in [0.25, 0.3) is 33.3 Å². The number of nitrogens with two attached hydrogens (primary N) is 1. The third kappa shape index (κ3) is 15.3. The number of likely N-dealkylation sites (N-methyl/N-ethyl adjacent to an activating group) is 2. The fraction of sp³-hybridized carbons (Fsp3) is 0.554. The molecule has 398 valence electrons. The van der Waals surface area contributed by atoms with Gasteiger partial charge in [-0.05, 0) is 125 Å². The molecule has 0 bridgehead atoms. The van der Waals surface area contributed by atoms with E-state index in [1.807, 2.05) is 50.2 Å². The number of hydrogen-bond donors (Lipinski definition) is 3. The van der Waals surface area contributed by atoms with Crippen molar-refractivity contribution in [3.05, 3.63) is 71.5 Å². The SMILES string of the molecule is CCn1c(-c2cccnc2C(C)OC)c(CC(C)(C)COC=O)c2cc(-c3cc(CC(NC(=O)C(C4CCCC4)N(C)C)C(=O)N4CCCCN4)cc(OC(=O)C(C)C)c3)ccc21.CN(CC=O)C(=O)CCN. The number of aldehydes is 1. The molecule has 4 N–H and O–H groups in total. The van der Waals surface area contributed by atoms with Gasteiger partial charge in [0, 0.05) is 81.3 Å². The van der Waals surface area contributed by atoms with Crippen LogP contribution in [0.3, 0.4) is 0 Å². The molecule has 73 heavy (non-hydrogen) atoms. The van der Waals surface area contributed by atoms with Gasteiger partial charge < -0.3 is 39.5 Å². The summed E-state index contributed by atoms with van der Waals surface area (Å²) >= 11 is 0. The minimum Gasteiger partial charge on any atom is -0.467 e. The molecule has 4 aromatic rings. The number of nitrogens with one attached hydrogen (secondary N) is 2. The van der Waals surface area contributed by atoms with Crippen LogP contribution in [0, 0.1) is 17.3 Å². The Bertz CT molecular complexity index is 2510. The minimum atomic E-state index is -0.870. The van der Waals surface area contributed by atoms with Crippen molar-refractivity contribution in [3.63, 3.8) is 0 Å². The summed E-state index contributed by atoms with van der Waals surface area (Å²) in [7, 11) is 7.12. The van der Waals surface area contributed by atoms with Gasteiger partial charge in [0.2, 0.25) is 11.8 Å². The highest BCUT2D eigenvalue weighted by atomic mass is 16.5. The molecule has 3 unspecified atom stereocenters. The molecular weight excluding hydrogens is 929 g/mol. The lowest BCUT2D eigenvalue weighted by Gasteiger charge is -2.34. The fourth-order valence-corrected chi connectivity index (χ4v) is 9.93. The Balaban J connectivity index is 0.000000891. The summed E-state index contributed by atoms with van der Waals surface area (Å²) in [6.45, 7) is 15.0. The summed E-state index contributed by atoms with van der Waals surface area (Å²) in [4.78, 5) is 82.0. The molecule has 17 nitrogen and oxygen atoms in total. The van der Waals surface area contributed by atoms with Crippen molar-refractivity contribution in [2.75, 3.05) is 61.0 Å². The normalized spacial score (nSPS) is 15.3. The molecule has 1 saturated carbocycles. The zero-order valence-electron chi connectivity index (χ0n) is 44.8. The van der Waals surface area contributed by atoms with Gasteiger partial charge in [-0.3, -0.25) is 38.9 Å². The van der Waals surface area contributed by atoms with Crippen LogP contribution in [0.1, 0.15) is 109 Å². The molecule has 2 aliphatic rings. The molecule has 3 amide bonds. The van der Waals surface area contributed by atoms with E-state index in [1.54, 1.807) is 39.2 Å². The van der Waals surface area contributed by atoms with Crippen LogP contribution in [0.4, 0.5) is 0 Å². The summed E-state index contributed by atoms with van der Waals surface area (Å²) in [6, 6.07) is 14.9. The standard InChI is InChI=1S/C50H68N6O7.C6H12N2O2/c1-10-55-43-20-19-36(28-40(43)41(29-50(5,6)30-62-31-57)46(55)39-18-15-21-51-44(39)33(4)61-9)37-24-34(25-38(27-37)63-49(60)32(2)3)26-42(48(59)56-23-14-13-22-52-56)53-47(58)45(54(7)8)35-16-11-12-17-35;1-8(4-5-9)6(10)2-3-7/h15,18-21,24-25,27-28,31-33,35,42,45,52H,10-14,16-17,22-23,26,29-30H2,1-9H3,(H,53,58);5H,2-4,7H2,1H3. The Morgan fingerprint density at radius 3 is 2.34 bits per heavy atom. The number of fused-ring (bicyclic) bond motifs is 1. The first-order chi connectivity index (χ1) is 34.9. The summed E-state index contributed by atoms with van der Waals surface area (Å²) in [6.07, 6.45) is 9.25. The highest BCUT2D eigenvalue weighted by molar-refractivity contribution is 5.96. The van der Waals surface area contributed by atoms with E-state index in [0.29, 0.717) is 57.5 Å². The number of hydrazine groups is 1. The van der Waals surface area contributed by atoms with Gasteiger partial charge in [-0.2, -0.15) is 0 Å². The topological polar surface area (TPSA) is 208 Å². The molecule has 3 atom stereocenters. The van der Waals surface area contributed by atoms with E-state index in [1.165, 1.54) is 4.90 Å². The number of rotatable bonds is 23. The van der Waals surface area contributed by atoms with Crippen LogP contribution in [0.5, 0.6) is 5.75 Å². The smallest absolute Gasteiger partial charge is 0.313 e. The number of amides is 3. The van der Waals surface area contributed by atoms with Gasteiger partial charge >= 0.3 is 5.97 Å². The van der Waals surface area contributed by atoms with Gasteiger partial charge in [0.05, 0.1) is 42.6 Å². The second kappa shape index (κ2) is 27.3. The third-order valence-electron chi connectivity index (χ3n) is 13.7. The molecule has 0 radical (unpaired) electrons. The minimum absolute atomic E-state index is 0.0883. The lowest BCUT2D eigenvalue weighted by molar-refractivity contribution is -0.141. The molecule has 6 rings (SSSR count). The molecule has 1 saturated heterocycles. The Kier molecular flexibility index (Phi) is 21.7. The van der Waals surface area contributed by atoms with E-state index in [-0.39, 0.29) is 67.2 Å². The van der Waals surface area contributed by atoms with Crippen LogP contribution >= 0.6 is 0 Å². The second-order valence-corrected chi connectivity index (χ2v) is 20.6. The molecule has 2 aromatic heterocycles. The van der Waals surface area contributed by atoms with Crippen molar-refractivity contribution < 1.29 is 43.0 Å². The predicted molar refractivity (Wildman–Crippen MR) is 283 cm³/mol. The Hall–Kier alpha value is -6.01. The van der Waals surface area contributed by atoms with Gasteiger partial charge in [0.15, 0.2) is 0 Å². The summed E-state index contributed by atoms with van der Waals surface area (Å²) in [5, 5.41) is 5.87. The zero-order chi connectivity index (χ0) is 53.4. The number of methoxy groups -OCH3 is 1. The van der Waals surface area contributed by atoms with Gasteiger partial charge in [-0.1, -0.05) is 52.7 Å². The summed E-state index contributed by atoms with van der Waals surface area (Å²) < 4.78 is 19.5. The van der Waals surface area contributed by atoms with E-state index in [2.05, 4.69) is 60.3 Å². The summed E-state index contributed by atoms with van der Waals surface area (Å²) in [5.41, 5.74) is 15.3. The van der Waals surface area contributed by atoms with E-state index >= 15 is 0 Å². The number of esters is 1. The average Bonchev–Trinajstić information content (AvgIpc) is 4.01. The maximum absolute atomic E-state index is 14.4. The van der Waals surface area contributed by atoms with Crippen molar-refractivity contribution in [2.24, 2.45) is 23.0 Å². The van der Waals surface area contributed by atoms with Crippen molar-refractivity contribution in [3.8, 4) is 28.1 Å². The molecule has 0 spiro atoms. The Morgan fingerprint density at radius 2 is 1.73 bits per heavy atom. The predicted octanol–water partition coefficient (Wildman–Crippen LogP) is 6.67. The van der Waals surface area contributed by atoms with Gasteiger partial charge in [0.1, 0.15) is 18.1 Å². The van der Waals surface area contributed by atoms with E-state index in [0.717, 1.165) is 88.6 Å². The van der Waals surface area contributed by atoms with E-state index in [4.69, 9.17) is 24.9 Å². The Morgan fingerprint density at radius 1 is 0.986 bits per heavy atom. The lowest BCUT2D eigenvalue weighted by Crippen LogP contribution is -2.58. The number of benzene rings is 2. The molecule has 1 aliphatic heterocycles. The van der Waals surface area contributed by atoms with E-state index in [9.17, 15) is 28.8 Å². The van der Waals surface area contributed by atoms with Gasteiger partial charge in [-0.25, -0.2) is 5.43 Å². The van der Waals surface area contributed by atoms with Gasteiger partial charge in [-0.15, -0.1) is 0 Å². The number of pyridine rings is 1. The molecule has 3 heterocycles. The van der Waals surface area contributed by atoms with Gasteiger partial charge in [0.25, 0.3) is 12.4 Å². The summed E-state index contributed by atoms with van der Waals surface area (Å²) in [5.74, 6) is -0.608. The highest BCUT2D eigenvalue weighted by Crippen LogP contribution is 2.42. The number of nitrogens with zero attached hydrogens (tertiary/aromatic N) is 5. The monoisotopic (exact) mass is 1010 g/mol. The molecule has 2 fully saturated rings. The lowest BCUT2D eigenvalue weighted by atomic mass is 9.84.